The van der Waals surface area contributed by atoms with Crippen LogP contribution >= 0.6 is 0 Å². The molecule has 3 aliphatic heterocycles. The SMILES string of the molecule is Cc1nn(-c2cccc(OC(F)(F)F)c2)c(C)c1C(=O)N1CCC(N2CC[C@H](O)C2)CC1.O[C@H]1CCNC1. The quantitative estimate of drug-likeness (QED) is 0.549. The van der Waals surface area contributed by atoms with Crippen molar-refractivity contribution in [1.29, 1.82) is 0 Å². The normalized spacial score (nSPS) is 22.9. The second kappa shape index (κ2) is 12.0. The van der Waals surface area contributed by atoms with E-state index in [1.54, 1.807) is 19.9 Å². The molecular weight excluding hydrogens is 503 g/mol. The van der Waals surface area contributed by atoms with Gasteiger partial charge >= 0.3 is 6.36 Å². The molecule has 1 aromatic heterocycles. The van der Waals surface area contributed by atoms with E-state index in [2.05, 4.69) is 20.1 Å². The van der Waals surface area contributed by atoms with Crippen LogP contribution in [0.1, 0.15) is 47.4 Å². The van der Waals surface area contributed by atoms with Crippen LogP contribution in [0, 0.1) is 13.8 Å². The van der Waals surface area contributed by atoms with Crippen molar-refractivity contribution in [2.75, 3.05) is 39.3 Å². The maximum Gasteiger partial charge on any atom is 0.573 e. The number of nitrogens with zero attached hydrogens (tertiary/aromatic N) is 4. The van der Waals surface area contributed by atoms with Crippen LogP contribution in [0.5, 0.6) is 5.75 Å². The topological polar surface area (TPSA) is 103 Å². The average molecular weight is 540 g/mol. The van der Waals surface area contributed by atoms with Gasteiger partial charge in [0.15, 0.2) is 0 Å². The molecule has 12 heteroatoms. The maximum absolute atomic E-state index is 13.3. The third-order valence-electron chi connectivity index (χ3n) is 7.30. The van der Waals surface area contributed by atoms with E-state index in [1.807, 2.05) is 4.90 Å². The van der Waals surface area contributed by atoms with Gasteiger partial charge in [-0.25, -0.2) is 4.68 Å². The Morgan fingerprint density at radius 3 is 2.37 bits per heavy atom. The van der Waals surface area contributed by atoms with E-state index < -0.39 is 6.36 Å². The molecule has 9 nitrogen and oxygen atoms in total. The molecule has 3 saturated heterocycles. The first-order valence-electron chi connectivity index (χ1n) is 13.0. The number of β-amino-alcohol motifs (C(OH)–C–C–N with tert-alkyl or cyclic N) is 2. The van der Waals surface area contributed by atoms with Crippen molar-refractivity contribution in [3.05, 3.63) is 41.2 Å². The van der Waals surface area contributed by atoms with Crippen LogP contribution in [0.2, 0.25) is 0 Å². The Hall–Kier alpha value is -2.67. The third kappa shape index (κ3) is 7.04. The van der Waals surface area contributed by atoms with Gasteiger partial charge in [0.05, 0.1) is 34.8 Å². The van der Waals surface area contributed by atoms with Crippen LogP contribution in [0.4, 0.5) is 13.2 Å². The van der Waals surface area contributed by atoms with Crippen molar-refractivity contribution < 1.29 is 32.9 Å². The number of carbonyl (C=O) groups excluding carboxylic acids is 1. The minimum Gasteiger partial charge on any atom is -0.406 e. The highest BCUT2D eigenvalue weighted by atomic mass is 19.4. The van der Waals surface area contributed by atoms with Crippen molar-refractivity contribution >= 4 is 5.91 Å². The summed E-state index contributed by atoms with van der Waals surface area (Å²) in [5, 5.41) is 25.9. The molecule has 38 heavy (non-hydrogen) atoms. The van der Waals surface area contributed by atoms with Crippen molar-refractivity contribution in [3.63, 3.8) is 0 Å². The van der Waals surface area contributed by atoms with Crippen molar-refractivity contribution in [2.45, 2.75) is 64.1 Å². The lowest BCUT2D eigenvalue weighted by Gasteiger charge is -2.36. The second-order valence-corrected chi connectivity index (χ2v) is 10.1. The van der Waals surface area contributed by atoms with E-state index in [4.69, 9.17) is 5.11 Å². The van der Waals surface area contributed by atoms with E-state index in [0.29, 0.717) is 48.3 Å². The maximum atomic E-state index is 13.3. The zero-order valence-electron chi connectivity index (χ0n) is 21.7. The molecule has 0 spiro atoms. The zero-order valence-corrected chi connectivity index (χ0v) is 21.7. The fraction of sp³-hybridized carbons (Fsp3) is 0.615. The summed E-state index contributed by atoms with van der Waals surface area (Å²) in [6, 6.07) is 5.91. The first-order chi connectivity index (χ1) is 18.0. The number of nitrogens with one attached hydrogen (secondary N) is 1. The van der Waals surface area contributed by atoms with Crippen LogP contribution in [0.15, 0.2) is 24.3 Å². The number of ether oxygens (including phenoxy) is 1. The predicted molar refractivity (Wildman–Crippen MR) is 134 cm³/mol. The molecule has 2 atom stereocenters. The molecule has 4 heterocycles. The number of aryl methyl sites for hydroxylation is 1. The molecule has 3 aliphatic rings. The van der Waals surface area contributed by atoms with Crippen molar-refractivity contribution in [2.24, 2.45) is 0 Å². The van der Waals surface area contributed by atoms with E-state index in [-0.39, 0.29) is 23.9 Å². The fourth-order valence-electron chi connectivity index (χ4n) is 5.35. The Morgan fingerprint density at radius 2 is 1.82 bits per heavy atom. The van der Waals surface area contributed by atoms with Gasteiger partial charge in [-0.3, -0.25) is 9.69 Å². The number of aliphatic hydroxyl groups excluding tert-OH is 2. The number of alkyl halides is 3. The first kappa shape index (κ1) is 28.3. The molecule has 210 valence electrons. The second-order valence-electron chi connectivity index (χ2n) is 10.1. The molecule has 3 N–H and O–H groups in total. The number of amides is 1. The Morgan fingerprint density at radius 1 is 1.08 bits per heavy atom. The number of aliphatic hydroxyl groups is 2. The van der Waals surface area contributed by atoms with E-state index >= 15 is 0 Å². The molecule has 0 bridgehead atoms. The molecular formula is C26H36F3N5O4. The summed E-state index contributed by atoms with van der Waals surface area (Å²) in [5.41, 5.74) is 1.96. The number of piperidine rings is 1. The molecule has 0 aliphatic carbocycles. The number of hydrogen-bond donors (Lipinski definition) is 3. The fourth-order valence-corrected chi connectivity index (χ4v) is 5.35. The monoisotopic (exact) mass is 539 g/mol. The Labute approximate surface area is 220 Å². The van der Waals surface area contributed by atoms with E-state index in [0.717, 1.165) is 45.3 Å². The lowest BCUT2D eigenvalue weighted by atomic mass is 10.0. The van der Waals surface area contributed by atoms with E-state index in [9.17, 15) is 23.1 Å². The highest BCUT2D eigenvalue weighted by Crippen LogP contribution is 2.28. The van der Waals surface area contributed by atoms with Gasteiger partial charge in [-0.05, 0) is 58.2 Å². The molecule has 0 unspecified atom stereocenters. The summed E-state index contributed by atoms with van der Waals surface area (Å²) < 4.78 is 43.2. The molecule has 0 saturated carbocycles. The summed E-state index contributed by atoms with van der Waals surface area (Å²) in [5.74, 6) is -0.460. The van der Waals surface area contributed by atoms with Gasteiger partial charge in [0, 0.05) is 44.8 Å². The summed E-state index contributed by atoms with van der Waals surface area (Å²) in [4.78, 5) is 17.4. The van der Waals surface area contributed by atoms with Gasteiger partial charge < -0.3 is 25.2 Å². The number of hydrogen-bond acceptors (Lipinski definition) is 7. The minimum absolute atomic E-state index is 0.0648. The van der Waals surface area contributed by atoms with Gasteiger partial charge in [0.2, 0.25) is 0 Å². The number of benzene rings is 1. The van der Waals surface area contributed by atoms with Crippen molar-refractivity contribution in [1.82, 2.24) is 24.9 Å². The smallest absolute Gasteiger partial charge is 0.406 e. The Bertz CT molecular complexity index is 1100. The van der Waals surface area contributed by atoms with E-state index in [1.165, 1.54) is 22.9 Å². The van der Waals surface area contributed by atoms with Gasteiger partial charge in [-0.1, -0.05) is 6.07 Å². The van der Waals surface area contributed by atoms with Gasteiger partial charge in [-0.15, -0.1) is 13.2 Å². The average Bonchev–Trinajstić information content (AvgIpc) is 3.59. The summed E-state index contributed by atoms with van der Waals surface area (Å²) in [6.07, 6.45) is -1.68. The summed E-state index contributed by atoms with van der Waals surface area (Å²) >= 11 is 0. The van der Waals surface area contributed by atoms with Crippen LogP contribution < -0.4 is 10.1 Å². The largest absolute Gasteiger partial charge is 0.573 e. The zero-order chi connectivity index (χ0) is 27.4. The lowest BCUT2D eigenvalue weighted by molar-refractivity contribution is -0.274. The van der Waals surface area contributed by atoms with Crippen LogP contribution in [-0.2, 0) is 0 Å². The van der Waals surface area contributed by atoms with Gasteiger partial charge in [-0.2, -0.15) is 5.10 Å². The Kier molecular flexibility index (Phi) is 8.96. The molecule has 3 fully saturated rings. The van der Waals surface area contributed by atoms with Crippen molar-refractivity contribution in [3.8, 4) is 11.4 Å². The molecule has 2 aromatic rings. The third-order valence-corrected chi connectivity index (χ3v) is 7.30. The number of aromatic nitrogens is 2. The standard InChI is InChI=1S/C22H27F3N4O3.C4H9NO/c1-14-20(21(31)27-9-6-16(7-10-27)28-11-8-18(30)13-28)15(2)29(26-14)17-4-3-5-19(12-17)32-22(23,24)25;6-4-1-2-5-3-4/h3-5,12,16,18,30H,6-11,13H2,1-2H3;4-6H,1-3H2/t18-;4-/m00/s1. The molecule has 1 aromatic carbocycles. The van der Waals surface area contributed by atoms with Gasteiger partial charge in [0.1, 0.15) is 5.75 Å². The van der Waals surface area contributed by atoms with Crippen LogP contribution in [0.3, 0.4) is 0 Å². The minimum atomic E-state index is -4.78. The predicted octanol–water partition coefficient (Wildman–Crippen LogP) is 2.40. The van der Waals surface area contributed by atoms with Crippen LogP contribution in [-0.4, -0.2) is 99.6 Å². The highest BCUT2D eigenvalue weighted by Gasteiger charge is 2.33. The summed E-state index contributed by atoms with van der Waals surface area (Å²) in [7, 11) is 0. The van der Waals surface area contributed by atoms with Gasteiger partial charge in [0.25, 0.3) is 5.91 Å². The number of carbonyl (C=O) groups is 1. The van der Waals surface area contributed by atoms with Crippen LogP contribution in [0.25, 0.3) is 5.69 Å². The first-order valence-corrected chi connectivity index (χ1v) is 13.0. The lowest BCUT2D eigenvalue weighted by Crippen LogP contribution is -2.46. The highest BCUT2D eigenvalue weighted by molar-refractivity contribution is 5.96. The molecule has 0 radical (unpaired) electrons. The molecule has 1 amide bonds. The number of likely N-dealkylation sites (tertiary alicyclic amines) is 2. The Balaban J connectivity index is 0.000000494. The number of halogens is 3. The molecule has 5 rings (SSSR count). The summed E-state index contributed by atoms with van der Waals surface area (Å²) in [6.45, 7) is 8.07. The number of rotatable bonds is 4.